The van der Waals surface area contributed by atoms with Crippen molar-refractivity contribution >= 4 is 0 Å². The van der Waals surface area contributed by atoms with Gasteiger partial charge < -0.3 is 10.2 Å². The highest BCUT2D eigenvalue weighted by atomic mass is 16.3. The molecule has 0 aromatic carbocycles. The van der Waals surface area contributed by atoms with Gasteiger partial charge in [-0.25, -0.2) is 0 Å². The van der Waals surface area contributed by atoms with Gasteiger partial charge >= 0.3 is 0 Å². The maximum atomic E-state index is 10.0. The maximum Gasteiger partial charge on any atom is 0.0802 e. The van der Waals surface area contributed by atoms with E-state index in [4.69, 9.17) is 0 Å². The topological polar surface area (TPSA) is 40.5 Å². The Kier molecular flexibility index (Phi) is 16.3. The lowest BCUT2D eigenvalue weighted by atomic mass is 9.97. The first kappa shape index (κ1) is 30.1. The summed E-state index contributed by atoms with van der Waals surface area (Å²) >= 11 is 0. The number of allylic oxidation sites excluding steroid dienone is 5. The minimum atomic E-state index is -0.714. The van der Waals surface area contributed by atoms with E-state index in [9.17, 15) is 10.2 Å². The van der Waals surface area contributed by atoms with Crippen molar-refractivity contribution in [1.29, 1.82) is 0 Å². The lowest BCUT2D eigenvalue weighted by Gasteiger charge is -2.18. The van der Waals surface area contributed by atoms with Gasteiger partial charge in [0.05, 0.1) is 11.2 Å². The van der Waals surface area contributed by atoms with Crippen LogP contribution in [0.1, 0.15) is 101 Å². The van der Waals surface area contributed by atoms with Crippen molar-refractivity contribution in [3.8, 4) is 0 Å². The summed E-state index contributed by atoms with van der Waals surface area (Å²) in [6, 6.07) is 0. The van der Waals surface area contributed by atoms with Crippen molar-refractivity contribution in [3.63, 3.8) is 0 Å². The lowest BCUT2D eigenvalue weighted by Crippen LogP contribution is -2.20. The Morgan fingerprint density at radius 3 is 1.83 bits per heavy atom. The molecule has 170 valence electrons. The third-order valence-corrected chi connectivity index (χ3v) is 4.60. The predicted molar refractivity (Wildman–Crippen MR) is 131 cm³/mol. The van der Waals surface area contributed by atoms with Gasteiger partial charge in [-0.15, -0.1) is 6.58 Å². The summed E-state index contributed by atoms with van der Waals surface area (Å²) in [7, 11) is 0. The predicted octanol–water partition coefficient (Wildman–Crippen LogP) is 7.78. The largest absolute Gasteiger partial charge is 0.386 e. The number of rotatable bonds is 12. The van der Waals surface area contributed by atoms with Crippen molar-refractivity contribution in [2.75, 3.05) is 0 Å². The van der Waals surface area contributed by atoms with Gasteiger partial charge in [0, 0.05) is 0 Å². The average molecular weight is 407 g/mol. The zero-order valence-corrected chi connectivity index (χ0v) is 20.9. The smallest absolute Gasteiger partial charge is 0.0802 e. The molecule has 0 fully saturated rings. The van der Waals surface area contributed by atoms with Gasteiger partial charge in [0.15, 0.2) is 0 Å². The standard InChI is InChI=1S/C14H26O.C13H24O/c1-12(2)8-6-10-14(5,15)11-7-9-13(3)4;1-6-13(5,14)9-7-8-12(4)10-11(2)3/h6,9-10,12,15H,7-8,11H2,1-5H3;6,8,11,14H,1,7,9-10H2,2-5H3. The van der Waals surface area contributed by atoms with E-state index in [1.807, 2.05) is 13.0 Å². The second-order valence-electron chi connectivity index (χ2n) is 9.96. The first-order valence-corrected chi connectivity index (χ1v) is 11.3. The first-order valence-electron chi connectivity index (χ1n) is 11.3. The molecule has 0 radical (unpaired) electrons. The van der Waals surface area contributed by atoms with E-state index in [1.54, 1.807) is 13.0 Å². The molecule has 0 aromatic rings. The van der Waals surface area contributed by atoms with Crippen LogP contribution in [0.5, 0.6) is 0 Å². The molecule has 0 heterocycles. The number of hydrogen-bond acceptors (Lipinski definition) is 2. The maximum absolute atomic E-state index is 10.0. The van der Waals surface area contributed by atoms with E-state index in [-0.39, 0.29) is 0 Å². The molecule has 0 saturated carbocycles. The van der Waals surface area contributed by atoms with E-state index in [0.29, 0.717) is 11.8 Å². The van der Waals surface area contributed by atoms with Gasteiger partial charge in [0.1, 0.15) is 0 Å². The van der Waals surface area contributed by atoms with Crippen molar-refractivity contribution in [2.24, 2.45) is 11.8 Å². The van der Waals surface area contributed by atoms with Gasteiger partial charge in [0.25, 0.3) is 0 Å². The Hall–Kier alpha value is -1.12. The minimum Gasteiger partial charge on any atom is -0.386 e. The quantitative estimate of drug-likeness (QED) is 0.325. The molecule has 0 aliphatic carbocycles. The normalized spacial score (nSPS) is 16.2. The number of aliphatic hydroxyl groups is 2. The van der Waals surface area contributed by atoms with E-state index < -0.39 is 11.2 Å². The van der Waals surface area contributed by atoms with E-state index in [0.717, 1.165) is 38.5 Å². The van der Waals surface area contributed by atoms with Gasteiger partial charge in [-0.2, -0.15) is 0 Å². The van der Waals surface area contributed by atoms with E-state index in [2.05, 4.69) is 73.3 Å². The molecule has 0 bridgehead atoms. The number of hydrogen-bond donors (Lipinski definition) is 2. The van der Waals surface area contributed by atoms with Crippen molar-refractivity contribution in [2.45, 2.75) is 112 Å². The van der Waals surface area contributed by atoms with Crippen LogP contribution in [0.3, 0.4) is 0 Å². The summed E-state index contributed by atoms with van der Waals surface area (Å²) in [6.45, 7) is 22.4. The highest BCUT2D eigenvalue weighted by Gasteiger charge is 2.14. The third kappa shape index (κ3) is 23.0. The molecule has 2 heteroatoms. The van der Waals surface area contributed by atoms with Crippen molar-refractivity contribution in [3.05, 3.63) is 48.1 Å². The fourth-order valence-corrected chi connectivity index (χ4v) is 2.77. The highest BCUT2D eigenvalue weighted by Crippen LogP contribution is 2.17. The van der Waals surface area contributed by atoms with Gasteiger partial charge in [-0.3, -0.25) is 0 Å². The van der Waals surface area contributed by atoms with E-state index in [1.165, 1.54) is 11.1 Å². The van der Waals surface area contributed by atoms with Crippen LogP contribution >= 0.6 is 0 Å². The summed E-state index contributed by atoms with van der Waals surface area (Å²) in [5, 5.41) is 19.7. The summed E-state index contributed by atoms with van der Waals surface area (Å²) in [5.41, 5.74) is 1.37. The molecule has 0 aliphatic heterocycles. The summed E-state index contributed by atoms with van der Waals surface area (Å²) in [6.07, 6.45) is 15.6. The van der Waals surface area contributed by atoms with Crippen LogP contribution in [0.25, 0.3) is 0 Å². The zero-order valence-electron chi connectivity index (χ0n) is 20.9. The molecule has 0 amide bonds. The fourth-order valence-electron chi connectivity index (χ4n) is 2.77. The third-order valence-electron chi connectivity index (χ3n) is 4.60. The molecule has 0 spiro atoms. The summed E-state index contributed by atoms with van der Waals surface area (Å²) in [4.78, 5) is 0. The Bertz CT molecular complexity index is 513. The first-order chi connectivity index (χ1) is 13.2. The van der Waals surface area contributed by atoms with Crippen LogP contribution in [0.15, 0.2) is 48.1 Å². The van der Waals surface area contributed by atoms with Crippen molar-refractivity contribution in [1.82, 2.24) is 0 Å². The zero-order chi connectivity index (χ0) is 23.1. The Morgan fingerprint density at radius 2 is 1.38 bits per heavy atom. The average Bonchev–Trinajstić information content (AvgIpc) is 2.53. The van der Waals surface area contributed by atoms with Gasteiger partial charge in [-0.05, 0) is 85.0 Å². The minimum absolute atomic E-state index is 0.652. The van der Waals surface area contributed by atoms with Gasteiger partial charge in [-0.1, -0.05) is 69.2 Å². The molecule has 0 rings (SSSR count). The van der Waals surface area contributed by atoms with Crippen LogP contribution in [0.4, 0.5) is 0 Å². The molecular weight excluding hydrogens is 356 g/mol. The van der Waals surface area contributed by atoms with E-state index >= 15 is 0 Å². The highest BCUT2D eigenvalue weighted by molar-refractivity contribution is 5.02. The molecule has 0 aliphatic rings. The van der Waals surface area contributed by atoms with Crippen LogP contribution in [0.2, 0.25) is 0 Å². The fraction of sp³-hybridized carbons (Fsp3) is 0.704. The molecule has 2 unspecified atom stereocenters. The molecular formula is C27H50O2. The van der Waals surface area contributed by atoms with Crippen LogP contribution < -0.4 is 0 Å². The van der Waals surface area contributed by atoms with Crippen LogP contribution in [0, 0.1) is 11.8 Å². The Morgan fingerprint density at radius 1 is 0.862 bits per heavy atom. The second kappa shape index (κ2) is 15.7. The Labute approximate surface area is 182 Å². The molecule has 0 saturated heterocycles. The molecule has 2 N–H and O–H groups in total. The summed E-state index contributed by atoms with van der Waals surface area (Å²) < 4.78 is 0. The van der Waals surface area contributed by atoms with Crippen LogP contribution in [-0.2, 0) is 0 Å². The van der Waals surface area contributed by atoms with Crippen LogP contribution in [-0.4, -0.2) is 21.4 Å². The second-order valence-corrected chi connectivity index (χ2v) is 9.96. The molecule has 29 heavy (non-hydrogen) atoms. The lowest BCUT2D eigenvalue weighted by molar-refractivity contribution is 0.102. The Balaban J connectivity index is 0. The monoisotopic (exact) mass is 406 g/mol. The molecule has 2 nitrogen and oxygen atoms in total. The SMILES string of the molecule is C=CC(C)(O)CCC=C(C)CC(C)C.CC(C)=CCCC(C)(O)C=CCC(C)C. The molecule has 2 atom stereocenters. The van der Waals surface area contributed by atoms with Gasteiger partial charge in [0.2, 0.25) is 0 Å². The molecule has 0 aromatic heterocycles. The van der Waals surface area contributed by atoms with Crippen molar-refractivity contribution < 1.29 is 10.2 Å². The summed E-state index contributed by atoms with van der Waals surface area (Å²) in [5.74, 6) is 1.38.